The Morgan fingerprint density at radius 3 is 2.16 bits per heavy atom. The summed E-state index contributed by atoms with van der Waals surface area (Å²) in [4.78, 5) is 25.6. The van der Waals surface area contributed by atoms with Crippen molar-refractivity contribution in [3.63, 3.8) is 0 Å². The molecule has 0 rings (SSSR count). The third kappa shape index (κ3) is 8.81. The number of carbonyl (C=O) groups excluding carboxylic acids is 2. The molecule has 0 aromatic heterocycles. The lowest BCUT2D eigenvalue weighted by Gasteiger charge is -2.24. The van der Waals surface area contributed by atoms with Gasteiger partial charge in [0.25, 0.3) is 0 Å². The van der Waals surface area contributed by atoms with Gasteiger partial charge in [0.2, 0.25) is 11.8 Å². The van der Waals surface area contributed by atoms with Gasteiger partial charge in [-0.05, 0) is 18.9 Å². The van der Waals surface area contributed by atoms with Crippen LogP contribution in [0.1, 0.15) is 46.0 Å². The van der Waals surface area contributed by atoms with Crippen LogP contribution < -0.4 is 5.32 Å². The molecule has 0 heterocycles. The number of rotatable bonds is 12. The number of carbonyl (C=O) groups is 2. The maximum Gasteiger partial charge on any atom is 0.245 e. The van der Waals surface area contributed by atoms with Crippen LogP contribution in [0.5, 0.6) is 0 Å². The Morgan fingerprint density at radius 2 is 1.72 bits per heavy atom. The summed E-state index contributed by atoms with van der Waals surface area (Å²) in [7, 11) is -0.459. The molecule has 7 nitrogen and oxygen atoms in total. The fourth-order valence-corrected chi connectivity index (χ4v) is 4.65. The number of hydrogen-bond donors (Lipinski definition) is 2. The summed E-state index contributed by atoms with van der Waals surface area (Å²) in [6.45, 7) is 3.86. The highest BCUT2D eigenvalue weighted by Crippen LogP contribution is 2.17. The summed E-state index contributed by atoms with van der Waals surface area (Å²) < 4.78 is 25.4. The highest BCUT2D eigenvalue weighted by Gasteiger charge is 2.32. The van der Waals surface area contributed by atoms with Crippen LogP contribution in [0, 0.1) is 5.41 Å². The first-order valence-electron chi connectivity index (χ1n) is 8.57. The molecular weight excluding hydrogens is 342 g/mol. The molecule has 0 aliphatic heterocycles. The van der Waals surface area contributed by atoms with Crippen LogP contribution in [0.25, 0.3) is 0 Å². The highest BCUT2D eigenvalue weighted by atomic mass is 32.2. The van der Waals surface area contributed by atoms with Crippen LogP contribution in [0.4, 0.5) is 0 Å². The second-order valence-electron chi connectivity index (χ2n) is 6.18. The lowest BCUT2D eigenvalue weighted by molar-refractivity contribution is -0.133. The van der Waals surface area contributed by atoms with Crippen LogP contribution in [0.2, 0.25) is 0 Å². The first kappa shape index (κ1) is 23.3. The van der Waals surface area contributed by atoms with E-state index in [-0.39, 0.29) is 6.42 Å². The van der Waals surface area contributed by atoms with Crippen molar-refractivity contribution in [3.05, 3.63) is 12.2 Å². The van der Waals surface area contributed by atoms with E-state index in [1.54, 1.807) is 0 Å². The minimum Gasteiger partial charge on any atom is -0.347 e. The molecule has 1 atom stereocenters. The fourth-order valence-electron chi connectivity index (χ4n) is 2.50. The van der Waals surface area contributed by atoms with Gasteiger partial charge in [0, 0.05) is 26.7 Å². The van der Waals surface area contributed by atoms with E-state index in [0.717, 1.165) is 19.1 Å². The van der Waals surface area contributed by atoms with Crippen molar-refractivity contribution in [2.75, 3.05) is 19.8 Å². The topological polar surface area (TPSA) is 107 Å². The van der Waals surface area contributed by atoms with Crippen LogP contribution in [0.3, 0.4) is 0 Å². The Morgan fingerprint density at radius 1 is 1.16 bits per heavy atom. The molecule has 0 unspecified atom stereocenters. The summed E-state index contributed by atoms with van der Waals surface area (Å²) in [6.07, 6.45) is 6.50. The van der Waals surface area contributed by atoms with E-state index in [9.17, 15) is 18.0 Å². The van der Waals surface area contributed by atoms with Gasteiger partial charge in [0.05, 0.1) is 11.0 Å². The van der Waals surface area contributed by atoms with E-state index in [1.165, 1.54) is 31.1 Å². The zero-order valence-corrected chi connectivity index (χ0v) is 16.4. The Bertz CT molecular complexity index is 564. The summed E-state index contributed by atoms with van der Waals surface area (Å²) in [5.41, 5.74) is 0. The molecule has 0 fully saturated rings. The van der Waals surface area contributed by atoms with Gasteiger partial charge in [-0.3, -0.25) is 9.59 Å². The van der Waals surface area contributed by atoms with Gasteiger partial charge in [0.1, 0.15) is 6.04 Å². The molecule has 0 saturated heterocycles. The molecule has 0 radical (unpaired) electrons. The smallest absolute Gasteiger partial charge is 0.245 e. The minimum absolute atomic E-state index is 0.0139. The lowest BCUT2D eigenvalue weighted by atomic mass is 10.2. The molecule has 25 heavy (non-hydrogen) atoms. The molecule has 144 valence electrons. The molecule has 8 heteroatoms. The number of nitrogens with one attached hydrogen (secondary N) is 2. The van der Waals surface area contributed by atoms with Crippen LogP contribution in [0.15, 0.2) is 12.2 Å². The van der Waals surface area contributed by atoms with Gasteiger partial charge in [-0.25, -0.2) is 8.42 Å². The Balaban J connectivity index is 5.27. The van der Waals surface area contributed by atoms with Crippen molar-refractivity contribution in [2.45, 2.75) is 57.2 Å². The standard InChI is InChI=1S/C17H31N3O4S/c1-5-9-14(10-6-2)25(23,24)13-15(17(22)20(3)4)19-16(21)11-7-8-12-18/h7-8,12,14-15,18H,5-6,9-11,13H2,1-4H3,(H,19,21)/b8-7-,18-12?/t15-/m1/s1. The third-order valence-corrected chi connectivity index (χ3v) is 6.02. The van der Waals surface area contributed by atoms with E-state index < -0.39 is 38.7 Å². The summed E-state index contributed by atoms with van der Waals surface area (Å²) in [5, 5.41) is 8.90. The van der Waals surface area contributed by atoms with E-state index in [4.69, 9.17) is 5.41 Å². The Hall–Kier alpha value is -1.70. The first-order chi connectivity index (χ1) is 11.7. The van der Waals surface area contributed by atoms with Gasteiger partial charge >= 0.3 is 0 Å². The second-order valence-corrected chi connectivity index (χ2v) is 8.51. The highest BCUT2D eigenvalue weighted by molar-refractivity contribution is 7.92. The van der Waals surface area contributed by atoms with Gasteiger partial charge < -0.3 is 15.6 Å². The average Bonchev–Trinajstić information content (AvgIpc) is 2.53. The average molecular weight is 374 g/mol. The number of likely N-dealkylation sites (N-methyl/N-ethyl adjacent to an activating group) is 1. The number of sulfone groups is 1. The second kappa shape index (κ2) is 11.8. The first-order valence-corrected chi connectivity index (χ1v) is 10.3. The van der Waals surface area contributed by atoms with Crippen LogP contribution in [-0.4, -0.2) is 62.5 Å². The Kier molecular flexibility index (Phi) is 11.0. The lowest BCUT2D eigenvalue weighted by Crippen LogP contribution is -2.51. The van der Waals surface area contributed by atoms with Crippen molar-refractivity contribution >= 4 is 27.9 Å². The van der Waals surface area contributed by atoms with Crippen molar-refractivity contribution in [3.8, 4) is 0 Å². The maximum atomic E-state index is 12.7. The number of amides is 2. The summed E-state index contributed by atoms with van der Waals surface area (Å²) >= 11 is 0. The minimum atomic E-state index is -3.51. The number of hydrogen-bond acceptors (Lipinski definition) is 5. The van der Waals surface area contributed by atoms with Crippen molar-refractivity contribution in [2.24, 2.45) is 0 Å². The monoisotopic (exact) mass is 373 g/mol. The molecule has 0 saturated carbocycles. The van der Waals surface area contributed by atoms with Crippen molar-refractivity contribution in [1.82, 2.24) is 10.2 Å². The van der Waals surface area contributed by atoms with E-state index in [2.05, 4.69) is 5.32 Å². The molecule has 0 aliphatic rings. The molecule has 0 aliphatic carbocycles. The molecule has 2 amide bonds. The van der Waals surface area contributed by atoms with Crippen molar-refractivity contribution in [1.29, 1.82) is 5.41 Å². The molecule has 2 N–H and O–H groups in total. The third-order valence-electron chi connectivity index (χ3n) is 3.74. The quantitative estimate of drug-likeness (QED) is 0.506. The Labute approximate surface area is 151 Å². The molecule has 0 bridgehead atoms. The van der Waals surface area contributed by atoms with Gasteiger partial charge in [0.15, 0.2) is 9.84 Å². The van der Waals surface area contributed by atoms with Gasteiger partial charge in [-0.2, -0.15) is 0 Å². The fraction of sp³-hybridized carbons (Fsp3) is 0.706. The SMILES string of the molecule is CCCC(CCC)S(=O)(=O)C[C@@H](NC(=O)C/C=C\C=N)C(=O)N(C)C. The predicted molar refractivity (Wildman–Crippen MR) is 101 cm³/mol. The molecule has 0 spiro atoms. The van der Waals surface area contributed by atoms with E-state index in [0.29, 0.717) is 12.8 Å². The molecule has 0 aromatic rings. The van der Waals surface area contributed by atoms with E-state index >= 15 is 0 Å². The van der Waals surface area contributed by atoms with Gasteiger partial charge in [-0.1, -0.05) is 32.8 Å². The van der Waals surface area contributed by atoms with Crippen LogP contribution in [-0.2, 0) is 19.4 Å². The van der Waals surface area contributed by atoms with Crippen molar-refractivity contribution < 1.29 is 18.0 Å². The molecular formula is C17H31N3O4S. The zero-order chi connectivity index (χ0) is 19.5. The maximum absolute atomic E-state index is 12.7. The number of nitrogens with zero attached hydrogens (tertiary/aromatic N) is 1. The summed E-state index contributed by atoms with van der Waals surface area (Å²) in [6, 6.07) is -1.10. The van der Waals surface area contributed by atoms with Gasteiger partial charge in [-0.15, -0.1) is 0 Å². The largest absolute Gasteiger partial charge is 0.347 e. The number of allylic oxidation sites excluding steroid dienone is 1. The molecule has 0 aromatic carbocycles. The van der Waals surface area contributed by atoms with E-state index in [1.807, 2.05) is 13.8 Å². The van der Waals surface area contributed by atoms with Crippen LogP contribution >= 0.6 is 0 Å². The predicted octanol–water partition coefficient (Wildman–Crippen LogP) is 1.54. The zero-order valence-electron chi connectivity index (χ0n) is 15.6. The normalized spacial score (nSPS) is 13.0. The summed E-state index contributed by atoms with van der Waals surface area (Å²) in [5.74, 6) is -1.29.